The van der Waals surface area contributed by atoms with Crippen LogP contribution in [0.4, 0.5) is 5.69 Å². The summed E-state index contributed by atoms with van der Waals surface area (Å²) in [6, 6.07) is 7.49. The molecule has 1 aromatic rings. The number of hydrogen-bond donors (Lipinski definition) is 3. The van der Waals surface area contributed by atoms with Crippen molar-refractivity contribution in [3.63, 3.8) is 0 Å². The second-order valence-electron chi connectivity index (χ2n) is 4.73. The summed E-state index contributed by atoms with van der Waals surface area (Å²) in [6.45, 7) is 3.98. The maximum absolute atomic E-state index is 11.7. The molecule has 1 aromatic carbocycles. The summed E-state index contributed by atoms with van der Waals surface area (Å²) in [7, 11) is 0. The SMILES string of the molecule is CCC(CC)(Cc1ccc(N=C(N)N)cc1)C(N)=O. The van der Waals surface area contributed by atoms with Gasteiger partial charge in [0.15, 0.2) is 5.96 Å². The maximum Gasteiger partial charge on any atom is 0.223 e. The quantitative estimate of drug-likeness (QED) is 0.533. The number of aliphatic imine (C=N–C) groups is 1. The van der Waals surface area contributed by atoms with Crippen molar-refractivity contribution in [2.24, 2.45) is 27.6 Å². The van der Waals surface area contributed by atoms with Crippen LogP contribution in [0.1, 0.15) is 32.3 Å². The maximum atomic E-state index is 11.7. The van der Waals surface area contributed by atoms with E-state index in [1.54, 1.807) is 0 Å². The van der Waals surface area contributed by atoms with E-state index >= 15 is 0 Å². The van der Waals surface area contributed by atoms with E-state index in [1.807, 2.05) is 38.1 Å². The Morgan fingerprint density at radius 1 is 1.11 bits per heavy atom. The van der Waals surface area contributed by atoms with Gasteiger partial charge in [-0.2, -0.15) is 0 Å². The first kappa shape index (κ1) is 15.0. The highest BCUT2D eigenvalue weighted by molar-refractivity contribution is 5.81. The Morgan fingerprint density at radius 3 is 2.00 bits per heavy atom. The number of primary amides is 1. The monoisotopic (exact) mass is 262 g/mol. The van der Waals surface area contributed by atoms with Crippen LogP contribution in [0.15, 0.2) is 29.3 Å². The first-order valence-corrected chi connectivity index (χ1v) is 6.42. The minimum atomic E-state index is -0.475. The normalized spacial score (nSPS) is 11.1. The van der Waals surface area contributed by atoms with E-state index in [1.165, 1.54) is 0 Å². The lowest BCUT2D eigenvalue weighted by Gasteiger charge is -2.28. The van der Waals surface area contributed by atoms with Gasteiger partial charge in [0, 0.05) is 0 Å². The van der Waals surface area contributed by atoms with Gasteiger partial charge >= 0.3 is 0 Å². The minimum Gasteiger partial charge on any atom is -0.370 e. The van der Waals surface area contributed by atoms with Gasteiger partial charge in [0.2, 0.25) is 5.91 Å². The number of rotatable bonds is 6. The van der Waals surface area contributed by atoms with Gasteiger partial charge in [-0.3, -0.25) is 4.79 Å². The van der Waals surface area contributed by atoms with E-state index in [0.29, 0.717) is 12.1 Å². The van der Waals surface area contributed by atoms with Crippen LogP contribution in [-0.2, 0) is 11.2 Å². The minimum absolute atomic E-state index is 0.0290. The zero-order valence-electron chi connectivity index (χ0n) is 11.5. The molecule has 0 aliphatic rings. The van der Waals surface area contributed by atoms with Crippen LogP contribution in [0, 0.1) is 5.41 Å². The van der Waals surface area contributed by atoms with Crippen molar-refractivity contribution < 1.29 is 4.79 Å². The van der Waals surface area contributed by atoms with Crippen molar-refractivity contribution in [2.75, 3.05) is 0 Å². The van der Waals surface area contributed by atoms with E-state index in [2.05, 4.69) is 4.99 Å². The largest absolute Gasteiger partial charge is 0.370 e. The van der Waals surface area contributed by atoms with Gasteiger partial charge < -0.3 is 17.2 Å². The Morgan fingerprint density at radius 2 is 1.63 bits per heavy atom. The molecule has 0 saturated heterocycles. The third-order valence-electron chi connectivity index (χ3n) is 3.61. The standard InChI is InChI=1S/C14H22N4O/c1-3-14(4-2,12(15)19)9-10-5-7-11(8-6-10)18-13(16)17/h5-8H,3-4,9H2,1-2H3,(H2,15,19)(H4,16,17,18). The van der Waals surface area contributed by atoms with Crippen molar-refractivity contribution >= 4 is 17.6 Å². The topological polar surface area (TPSA) is 107 Å². The molecule has 0 aromatic heterocycles. The zero-order valence-corrected chi connectivity index (χ0v) is 11.5. The highest BCUT2D eigenvalue weighted by Crippen LogP contribution is 2.31. The second-order valence-corrected chi connectivity index (χ2v) is 4.73. The van der Waals surface area contributed by atoms with E-state index in [4.69, 9.17) is 17.2 Å². The van der Waals surface area contributed by atoms with Crippen LogP contribution < -0.4 is 17.2 Å². The van der Waals surface area contributed by atoms with Crippen LogP contribution in [0.2, 0.25) is 0 Å². The van der Waals surface area contributed by atoms with Gasteiger partial charge in [-0.25, -0.2) is 4.99 Å². The van der Waals surface area contributed by atoms with Gasteiger partial charge in [-0.15, -0.1) is 0 Å². The molecule has 1 rings (SSSR count). The molecule has 1 amide bonds. The van der Waals surface area contributed by atoms with Gasteiger partial charge in [0.25, 0.3) is 0 Å². The average molecular weight is 262 g/mol. The van der Waals surface area contributed by atoms with Crippen LogP contribution >= 0.6 is 0 Å². The predicted molar refractivity (Wildman–Crippen MR) is 77.8 cm³/mol. The fraction of sp³-hybridized carbons (Fsp3) is 0.429. The Bertz CT molecular complexity index is 457. The molecule has 19 heavy (non-hydrogen) atoms. The molecule has 0 bridgehead atoms. The molecule has 6 N–H and O–H groups in total. The number of benzene rings is 1. The summed E-state index contributed by atoms with van der Waals surface area (Å²) in [5.74, 6) is -0.216. The Hall–Kier alpha value is -2.04. The number of amides is 1. The third-order valence-corrected chi connectivity index (χ3v) is 3.61. The third kappa shape index (κ3) is 3.71. The van der Waals surface area contributed by atoms with E-state index < -0.39 is 5.41 Å². The molecule has 0 radical (unpaired) electrons. The van der Waals surface area contributed by atoms with Gasteiger partial charge in [0.1, 0.15) is 0 Å². The fourth-order valence-electron chi connectivity index (χ4n) is 2.16. The van der Waals surface area contributed by atoms with Gasteiger partial charge in [-0.1, -0.05) is 26.0 Å². The Balaban J connectivity index is 2.93. The summed E-state index contributed by atoms with van der Waals surface area (Å²) in [4.78, 5) is 15.6. The molecular weight excluding hydrogens is 240 g/mol. The van der Waals surface area contributed by atoms with Crippen LogP contribution in [0.5, 0.6) is 0 Å². The average Bonchev–Trinajstić information content (AvgIpc) is 2.37. The molecule has 0 fully saturated rings. The van der Waals surface area contributed by atoms with Crippen LogP contribution in [0.3, 0.4) is 0 Å². The van der Waals surface area contributed by atoms with Crippen LogP contribution in [0.25, 0.3) is 0 Å². The summed E-state index contributed by atoms with van der Waals surface area (Å²) in [5, 5.41) is 0. The summed E-state index contributed by atoms with van der Waals surface area (Å²) < 4.78 is 0. The smallest absolute Gasteiger partial charge is 0.223 e. The summed E-state index contributed by atoms with van der Waals surface area (Å²) in [5.41, 5.74) is 17.4. The van der Waals surface area contributed by atoms with Gasteiger partial charge in [-0.05, 0) is 37.0 Å². The van der Waals surface area contributed by atoms with Crippen molar-refractivity contribution in [1.82, 2.24) is 0 Å². The highest BCUT2D eigenvalue weighted by Gasteiger charge is 2.32. The molecule has 5 heteroatoms. The lowest BCUT2D eigenvalue weighted by molar-refractivity contribution is -0.128. The van der Waals surface area contributed by atoms with Crippen molar-refractivity contribution in [1.29, 1.82) is 0 Å². The van der Waals surface area contributed by atoms with Crippen molar-refractivity contribution in [2.45, 2.75) is 33.1 Å². The first-order chi connectivity index (χ1) is 8.93. The van der Waals surface area contributed by atoms with E-state index in [0.717, 1.165) is 18.4 Å². The molecule has 5 nitrogen and oxygen atoms in total. The number of guanidine groups is 1. The molecule has 0 spiro atoms. The Labute approximate surface area is 113 Å². The second kappa shape index (κ2) is 6.22. The molecule has 0 heterocycles. The molecule has 0 unspecified atom stereocenters. The highest BCUT2D eigenvalue weighted by atomic mass is 16.1. The van der Waals surface area contributed by atoms with Crippen LogP contribution in [-0.4, -0.2) is 11.9 Å². The molecule has 104 valence electrons. The summed E-state index contributed by atoms with van der Waals surface area (Å²) in [6.07, 6.45) is 2.10. The lowest BCUT2D eigenvalue weighted by Crippen LogP contribution is -2.38. The van der Waals surface area contributed by atoms with E-state index in [-0.39, 0.29) is 11.9 Å². The molecule has 0 atom stereocenters. The Kier molecular flexibility index (Phi) is 4.92. The number of hydrogen-bond acceptors (Lipinski definition) is 2. The van der Waals surface area contributed by atoms with Crippen molar-refractivity contribution in [3.8, 4) is 0 Å². The van der Waals surface area contributed by atoms with E-state index in [9.17, 15) is 4.79 Å². The lowest BCUT2D eigenvalue weighted by atomic mass is 9.76. The predicted octanol–water partition coefficient (Wildman–Crippen LogP) is 1.43. The number of nitrogens with two attached hydrogens (primary N) is 3. The molecule has 0 aliphatic heterocycles. The summed E-state index contributed by atoms with van der Waals surface area (Å²) >= 11 is 0. The number of nitrogens with zero attached hydrogens (tertiary/aromatic N) is 1. The zero-order chi connectivity index (χ0) is 14.5. The molecular formula is C14H22N4O. The number of carbonyl (C=O) groups is 1. The van der Waals surface area contributed by atoms with Crippen molar-refractivity contribution in [3.05, 3.63) is 29.8 Å². The fourth-order valence-corrected chi connectivity index (χ4v) is 2.16. The first-order valence-electron chi connectivity index (χ1n) is 6.42. The molecule has 0 aliphatic carbocycles. The van der Waals surface area contributed by atoms with Gasteiger partial charge in [0.05, 0.1) is 11.1 Å². The molecule has 0 saturated carbocycles. The number of carbonyl (C=O) groups excluding carboxylic acids is 1.